The Hall–Kier alpha value is -1.06. The average Bonchev–Trinajstić information content (AvgIpc) is 2.67. The summed E-state index contributed by atoms with van der Waals surface area (Å²) in [6.45, 7) is 3.42. The zero-order chi connectivity index (χ0) is 20.4. The normalized spacial score (nSPS) is 35.5. The van der Waals surface area contributed by atoms with Crippen LogP contribution < -0.4 is 0 Å². The summed E-state index contributed by atoms with van der Waals surface area (Å²) in [7, 11) is 0. The van der Waals surface area contributed by atoms with Crippen LogP contribution >= 0.6 is 0 Å². The molecule has 0 aromatic carbocycles. The lowest BCUT2D eigenvalue weighted by atomic mass is 9.69. The zero-order valence-corrected chi connectivity index (χ0v) is 17.2. The molecule has 0 atom stereocenters. The van der Waals surface area contributed by atoms with Gasteiger partial charge in [-0.2, -0.15) is 17.6 Å². The van der Waals surface area contributed by atoms with Crippen LogP contribution in [0.15, 0.2) is 35.5 Å². The first kappa shape index (κ1) is 21.6. The summed E-state index contributed by atoms with van der Waals surface area (Å²) in [5.74, 6) is -4.98. The first-order valence-electron chi connectivity index (χ1n) is 11.0. The van der Waals surface area contributed by atoms with Crippen LogP contribution in [0.3, 0.4) is 0 Å². The lowest BCUT2D eigenvalue weighted by molar-refractivity contribution is -0.164. The van der Waals surface area contributed by atoms with E-state index in [0.717, 1.165) is 30.8 Å². The highest BCUT2D eigenvalue weighted by Crippen LogP contribution is 2.48. The van der Waals surface area contributed by atoms with Crippen molar-refractivity contribution < 1.29 is 17.6 Å². The van der Waals surface area contributed by atoms with Crippen LogP contribution in [0.2, 0.25) is 0 Å². The summed E-state index contributed by atoms with van der Waals surface area (Å²) < 4.78 is 55.6. The van der Waals surface area contributed by atoms with Crippen LogP contribution in [0.5, 0.6) is 0 Å². The van der Waals surface area contributed by atoms with E-state index < -0.39 is 23.0 Å². The van der Waals surface area contributed by atoms with Gasteiger partial charge in [-0.05, 0) is 82.0 Å². The van der Waals surface area contributed by atoms with E-state index in [1.54, 1.807) is 0 Å². The summed E-state index contributed by atoms with van der Waals surface area (Å²) in [6.07, 6.45) is 17.1. The topological polar surface area (TPSA) is 0 Å². The van der Waals surface area contributed by atoms with Crippen molar-refractivity contribution in [2.75, 3.05) is 0 Å². The highest BCUT2D eigenvalue weighted by molar-refractivity contribution is 5.36. The van der Waals surface area contributed by atoms with Gasteiger partial charge in [-0.1, -0.05) is 44.1 Å². The van der Waals surface area contributed by atoms with Gasteiger partial charge in [0.1, 0.15) is 0 Å². The number of hydrogen-bond acceptors (Lipinski definition) is 0. The van der Waals surface area contributed by atoms with E-state index in [9.17, 15) is 17.6 Å². The molecule has 2 fully saturated rings. The second kappa shape index (κ2) is 8.75. The molecule has 0 aliphatic heterocycles. The minimum Gasteiger partial charge on any atom is -0.194 e. The predicted molar refractivity (Wildman–Crippen MR) is 107 cm³/mol. The number of allylic oxidation sites excluding steroid dienone is 6. The van der Waals surface area contributed by atoms with E-state index in [-0.39, 0.29) is 6.42 Å². The summed E-state index contributed by atoms with van der Waals surface area (Å²) in [4.78, 5) is 0. The van der Waals surface area contributed by atoms with Gasteiger partial charge in [0.2, 0.25) is 0 Å². The molecule has 0 amide bonds. The maximum absolute atomic E-state index is 14.0. The second-order valence-corrected chi connectivity index (χ2v) is 9.35. The summed E-state index contributed by atoms with van der Waals surface area (Å²) in [5, 5.41) is 0. The molecule has 3 aliphatic rings. The van der Waals surface area contributed by atoms with Crippen molar-refractivity contribution in [3.8, 4) is 0 Å². The number of alkyl halides is 4. The molecule has 3 rings (SSSR count). The lowest BCUT2D eigenvalue weighted by Gasteiger charge is -2.36. The van der Waals surface area contributed by atoms with Gasteiger partial charge in [0.25, 0.3) is 0 Å². The molecule has 2 saturated carbocycles. The third-order valence-electron chi connectivity index (χ3n) is 7.36. The fraction of sp³-hybridized carbons (Fsp3) is 0.750. The van der Waals surface area contributed by atoms with Crippen LogP contribution in [0.4, 0.5) is 17.6 Å². The highest BCUT2D eigenvalue weighted by atomic mass is 19.3. The van der Waals surface area contributed by atoms with Gasteiger partial charge in [0.15, 0.2) is 0 Å². The maximum Gasteiger partial charge on any atom is 0.335 e. The summed E-state index contributed by atoms with van der Waals surface area (Å²) >= 11 is 0. The molecular formula is C24H34F4. The molecule has 0 radical (unpaired) electrons. The Morgan fingerprint density at radius 2 is 1.43 bits per heavy atom. The monoisotopic (exact) mass is 398 g/mol. The SMILES string of the molecule is CC1=CC=C(CC/C=C/C2CCC(C3CCC(C)CC3)CC2)C(F)(F)C1(F)F. The Morgan fingerprint density at radius 1 is 0.857 bits per heavy atom. The highest BCUT2D eigenvalue weighted by Gasteiger charge is 2.60. The Balaban J connectivity index is 1.43. The van der Waals surface area contributed by atoms with E-state index >= 15 is 0 Å². The minimum atomic E-state index is -4.07. The second-order valence-electron chi connectivity index (χ2n) is 9.35. The molecule has 28 heavy (non-hydrogen) atoms. The van der Waals surface area contributed by atoms with Crippen molar-refractivity contribution in [2.24, 2.45) is 23.7 Å². The molecule has 0 nitrogen and oxygen atoms in total. The predicted octanol–water partition coefficient (Wildman–Crippen LogP) is 8.11. The minimum absolute atomic E-state index is 0.0154. The zero-order valence-electron chi connectivity index (χ0n) is 17.2. The van der Waals surface area contributed by atoms with Crippen molar-refractivity contribution in [1.29, 1.82) is 0 Å². The first-order valence-corrected chi connectivity index (χ1v) is 11.0. The smallest absolute Gasteiger partial charge is 0.194 e. The first-order chi connectivity index (χ1) is 13.2. The molecule has 0 unspecified atom stereocenters. The van der Waals surface area contributed by atoms with Gasteiger partial charge < -0.3 is 0 Å². The van der Waals surface area contributed by atoms with Gasteiger partial charge >= 0.3 is 11.8 Å². The van der Waals surface area contributed by atoms with Gasteiger partial charge in [-0.3, -0.25) is 0 Å². The van der Waals surface area contributed by atoms with E-state index in [2.05, 4.69) is 13.0 Å². The summed E-state index contributed by atoms with van der Waals surface area (Å²) in [6, 6.07) is 0. The molecule has 0 aromatic heterocycles. The van der Waals surface area contributed by atoms with Gasteiger partial charge in [0.05, 0.1) is 0 Å². The van der Waals surface area contributed by atoms with Gasteiger partial charge in [-0.15, -0.1) is 0 Å². The van der Waals surface area contributed by atoms with E-state index in [1.165, 1.54) is 57.4 Å². The molecule has 4 heteroatoms. The molecule has 0 bridgehead atoms. The Bertz CT molecular complexity index is 613. The molecule has 3 aliphatic carbocycles. The van der Waals surface area contributed by atoms with Crippen LogP contribution in [0, 0.1) is 23.7 Å². The van der Waals surface area contributed by atoms with Crippen molar-refractivity contribution in [3.63, 3.8) is 0 Å². The molecule has 158 valence electrons. The number of halogens is 4. The molecular weight excluding hydrogens is 364 g/mol. The fourth-order valence-electron chi connectivity index (χ4n) is 5.22. The lowest BCUT2D eigenvalue weighted by Crippen LogP contribution is -2.44. The Labute approximate surface area is 167 Å². The molecule has 0 spiro atoms. The van der Waals surface area contributed by atoms with Crippen molar-refractivity contribution in [3.05, 3.63) is 35.5 Å². The molecule has 0 aromatic rings. The van der Waals surface area contributed by atoms with Crippen LogP contribution in [0.25, 0.3) is 0 Å². The third-order valence-corrected chi connectivity index (χ3v) is 7.36. The summed E-state index contributed by atoms with van der Waals surface area (Å²) in [5.41, 5.74) is -1.02. The van der Waals surface area contributed by atoms with Crippen LogP contribution in [-0.2, 0) is 0 Å². The molecule has 0 heterocycles. The fourth-order valence-corrected chi connectivity index (χ4v) is 5.22. The number of rotatable bonds is 5. The van der Waals surface area contributed by atoms with Crippen LogP contribution in [-0.4, -0.2) is 11.8 Å². The Kier molecular flexibility index (Phi) is 6.76. The average molecular weight is 399 g/mol. The van der Waals surface area contributed by atoms with E-state index in [4.69, 9.17) is 0 Å². The van der Waals surface area contributed by atoms with E-state index in [1.807, 2.05) is 6.08 Å². The maximum atomic E-state index is 14.0. The third kappa shape index (κ3) is 4.57. The quantitative estimate of drug-likeness (QED) is 0.324. The Morgan fingerprint density at radius 3 is 2.04 bits per heavy atom. The van der Waals surface area contributed by atoms with Crippen molar-refractivity contribution >= 4 is 0 Å². The standard InChI is InChI=1S/C24H34F4/c1-17-7-12-20(13-8-17)21-14-10-19(11-15-21)5-3-4-6-22-16-9-18(2)23(25,26)24(22,27)28/h3,5,9,16-17,19-21H,4,6-8,10-15H2,1-2H3/b5-3+. The van der Waals surface area contributed by atoms with E-state index in [0.29, 0.717) is 12.3 Å². The van der Waals surface area contributed by atoms with Crippen LogP contribution in [0.1, 0.15) is 78.1 Å². The van der Waals surface area contributed by atoms with Crippen molar-refractivity contribution in [2.45, 2.75) is 89.9 Å². The molecule has 0 N–H and O–H groups in total. The molecule has 0 saturated heterocycles. The van der Waals surface area contributed by atoms with Gasteiger partial charge in [-0.25, -0.2) is 0 Å². The largest absolute Gasteiger partial charge is 0.335 e. The van der Waals surface area contributed by atoms with Gasteiger partial charge in [0, 0.05) is 11.1 Å². The number of hydrogen-bond donors (Lipinski definition) is 0. The van der Waals surface area contributed by atoms with Crippen molar-refractivity contribution in [1.82, 2.24) is 0 Å².